The van der Waals surface area contributed by atoms with Crippen molar-refractivity contribution < 1.29 is 55.2 Å². The van der Waals surface area contributed by atoms with E-state index in [-0.39, 0.29) is 66.9 Å². The van der Waals surface area contributed by atoms with Crippen molar-refractivity contribution >= 4 is 26.0 Å². The van der Waals surface area contributed by atoms with Gasteiger partial charge in [0.1, 0.15) is 18.1 Å². The molecule has 1 N–H and O–H groups in total. The second kappa shape index (κ2) is 16.9. The average molecular weight is 877 g/mol. The van der Waals surface area contributed by atoms with Gasteiger partial charge >= 0.3 is 6.09 Å². The normalized spacial score (nSPS) is 24.4. The zero-order chi connectivity index (χ0) is 43.2. The summed E-state index contributed by atoms with van der Waals surface area (Å²) in [5.74, 6) is 0.463. The fraction of sp³-hybridized carbons (Fsp3) is 0.444. The molecule has 4 aliphatic heterocycles. The van der Waals surface area contributed by atoms with Crippen LogP contribution in [0.2, 0.25) is 0 Å². The van der Waals surface area contributed by atoms with Crippen molar-refractivity contribution in [3.05, 3.63) is 114 Å². The first kappa shape index (κ1) is 43.0. The van der Waals surface area contributed by atoms with Crippen molar-refractivity contribution in [1.29, 1.82) is 0 Å². The molecule has 1 amide bonds. The molecular formula is C45H52N2O12S2. The summed E-state index contributed by atoms with van der Waals surface area (Å²) >= 11 is 0. The van der Waals surface area contributed by atoms with Crippen LogP contribution in [0.25, 0.3) is 0 Å². The lowest BCUT2D eigenvalue weighted by molar-refractivity contribution is -0.0907. The Morgan fingerprint density at radius 2 is 1.59 bits per heavy atom. The molecule has 0 radical (unpaired) electrons. The molecule has 0 spiro atoms. The van der Waals surface area contributed by atoms with Crippen LogP contribution in [-0.4, -0.2) is 94.0 Å². The average Bonchev–Trinajstić information content (AvgIpc) is 4.01. The minimum Gasteiger partial charge on any atom is -0.489 e. The Morgan fingerprint density at radius 1 is 0.885 bits per heavy atom. The van der Waals surface area contributed by atoms with Gasteiger partial charge in [-0.25, -0.2) is 21.6 Å². The summed E-state index contributed by atoms with van der Waals surface area (Å²) in [7, 11) is -7.75. The van der Waals surface area contributed by atoms with Crippen LogP contribution in [0.1, 0.15) is 50.8 Å². The van der Waals surface area contributed by atoms with E-state index in [2.05, 4.69) is 0 Å². The zero-order valence-electron chi connectivity index (χ0n) is 34.6. The summed E-state index contributed by atoms with van der Waals surface area (Å²) in [6, 6.07) is 27.5. The quantitative estimate of drug-likeness (QED) is 0.134. The lowest BCUT2D eigenvalue weighted by Gasteiger charge is -2.47. The van der Waals surface area contributed by atoms with Crippen LogP contribution in [0, 0.1) is 17.8 Å². The van der Waals surface area contributed by atoms with E-state index in [1.54, 1.807) is 74.5 Å². The number of amides is 1. The standard InChI is InChI=1S/C45H52N2O12S2/c1-30(2)24-46(61(52,53)36-18-19-39-40(22-36)58-29-57-39)25-41-45(47(43(48)49)44(3,4)59-41,38-27-56-42-37(38)20-21-54-42)23-31-14-16-34(17-15-31)55-26-32-10-8-9-11-33(32)28-60(50,51)35-12-6-5-7-13-35/h5-19,22,30,37-38,41-42H,20-21,23-29H2,1-4H3,(H,48,49)/t37-,38+,41+,42+,45-/m0/s1. The van der Waals surface area contributed by atoms with E-state index in [9.17, 15) is 26.7 Å². The van der Waals surface area contributed by atoms with Gasteiger partial charge in [-0.2, -0.15) is 4.31 Å². The van der Waals surface area contributed by atoms with Gasteiger partial charge < -0.3 is 33.5 Å². The molecule has 5 atom stereocenters. The monoisotopic (exact) mass is 876 g/mol. The van der Waals surface area contributed by atoms with E-state index < -0.39 is 55.5 Å². The number of fused-ring (bicyclic) bond motifs is 2. The van der Waals surface area contributed by atoms with E-state index >= 15 is 0 Å². The highest BCUT2D eigenvalue weighted by molar-refractivity contribution is 7.90. The maximum atomic E-state index is 14.6. The number of carboxylic acid groups (broad SMARTS) is 1. The third kappa shape index (κ3) is 8.45. The third-order valence-electron chi connectivity index (χ3n) is 12.1. The Balaban J connectivity index is 1.11. The van der Waals surface area contributed by atoms with Gasteiger partial charge in [-0.1, -0.05) is 68.4 Å². The Labute approximate surface area is 357 Å². The van der Waals surface area contributed by atoms with Gasteiger partial charge in [0.15, 0.2) is 27.6 Å². The fourth-order valence-corrected chi connectivity index (χ4v) is 12.5. The minimum atomic E-state index is -4.16. The van der Waals surface area contributed by atoms with E-state index in [0.717, 1.165) is 11.1 Å². The molecule has 8 rings (SSSR count). The summed E-state index contributed by atoms with van der Waals surface area (Å²) in [5.41, 5.74) is -0.534. The highest BCUT2D eigenvalue weighted by Crippen LogP contribution is 2.53. The number of carbonyl (C=O) groups is 1. The fourth-order valence-electron chi connectivity index (χ4n) is 9.46. The van der Waals surface area contributed by atoms with Crippen LogP contribution in [0.5, 0.6) is 17.2 Å². The molecule has 61 heavy (non-hydrogen) atoms. The zero-order valence-corrected chi connectivity index (χ0v) is 36.3. The van der Waals surface area contributed by atoms with E-state index in [1.807, 2.05) is 38.1 Å². The number of sulfonamides is 1. The predicted molar refractivity (Wildman–Crippen MR) is 223 cm³/mol. The SMILES string of the molecule is CC(C)CN(C[C@H]1OC(C)(C)N(C(=O)O)[C@@]1(Cc1ccc(OCc2ccccc2CS(=O)(=O)c2ccccc2)cc1)[C@@H]1CO[C@H]2OCC[C@H]21)S(=O)(=O)c1ccc2c(c1)OCO2. The van der Waals surface area contributed by atoms with Crippen LogP contribution >= 0.6 is 0 Å². The lowest BCUT2D eigenvalue weighted by Crippen LogP contribution is -2.65. The van der Waals surface area contributed by atoms with E-state index in [1.165, 1.54) is 21.3 Å². The highest BCUT2D eigenvalue weighted by Gasteiger charge is 2.67. The van der Waals surface area contributed by atoms with E-state index in [4.69, 9.17) is 28.4 Å². The first-order valence-corrected chi connectivity index (χ1v) is 23.6. The van der Waals surface area contributed by atoms with Crippen LogP contribution in [-0.2, 0) is 52.9 Å². The van der Waals surface area contributed by atoms with Crippen molar-refractivity contribution in [2.45, 2.75) is 86.3 Å². The van der Waals surface area contributed by atoms with Crippen LogP contribution in [0.4, 0.5) is 4.79 Å². The number of sulfone groups is 1. The van der Waals surface area contributed by atoms with Gasteiger partial charge in [-0.3, -0.25) is 4.90 Å². The first-order chi connectivity index (χ1) is 29.1. The molecule has 0 aliphatic carbocycles. The summed E-state index contributed by atoms with van der Waals surface area (Å²) in [6.45, 7) is 8.01. The number of hydrogen-bond acceptors (Lipinski definition) is 11. The molecule has 4 aromatic rings. The highest BCUT2D eigenvalue weighted by atomic mass is 32.2. The lowest BCUT2D eigenvalue weighted by atomic mass is 9.69. The van der Waals surface area contributed by atoms with Crippen molar-refractivity contribution in [3.8, 4) is 17.2 Å². The van der Waals surface area contributed by atoms with Gasteiger partial charge in [0.25, 0.3) is 0 Å². The first-order valence-electron chi connectivity index (χ1n) is 20.5. The number of nitrogens with zero attached hydrogens (tertiary/aromatic N) is 2. The number of benzene rings is 4. The van der Waals surface area contributed by atoms with Gasteiger partial charge in [-0.05, 0) is 85.7 Å². The largest absolute Gasteiger partial charge is 0.489 e. The second-order valence-corrected chi connectivity index (χ2v) is 20.9. The maximum Gasteiger partial charge on any atom is 0.410 e. The third-order valence-corrected chi connectivity index (χ3v) is 15.6. The van der Waals surface area contributed by atoms with E-state index in [0.29, 0.717) is 35.8 Å². The van der Waals surface area contributed by atoms with Crippen LogP contribution in [0.15, 0.2) is 107 Å². The Kier molecular flexibility index (Phi) is 11.9. The van der Waals surface area contributed by atoms with Gasteiger partial charge in [0, 0.05) is 31.0 Å². The summed E-state index contributed by atoms with van der Waals surface area (Å²) in [4.78, 5) is 15.3. The Hall–Kier alpha value is -4.71. The molecule has 4 aromatic carbocycles. The smallest absolute Gasteiger partial charge is 0.410 e. The molecule has 16 heteroatoms. The molecule has 0 aromatic heterocycles. The van der Waals surface area contributed by atoms with Gasteiger partial charge in [0.05, 0.1) is 40.4 Å². The predicted octanol–water partition coefficient (Wildman–Crippen LogP) is 6.72. The van der Waals surface area contributed by atoms with Gasteiger partial charge in [-0.15, -0.1) is 0 Å². The molecule has 4 aliphatic rings. The van der Waals surface area contributed by atoms with Gasteiger partial charge in [0.2, 0.25) is 16.8 Å². The molecule has 0 saturated carbocycles. The maximum absolute atomic E-state index is 14.6. The number of ether oxygens (including phenoxy) is 6. The van der Waals surface area contributed by atoms with Crippen LogP contribution in [0.3, 0.4) is 0 Å². The molecule has 3 saturated heterocycles. The van der Waals surface area contributed by atoms with Crippen LogP contribution < -0.4 is 14.2 Å². The Morgan fingerprint density at radius 3 is 2.31 bits per heavy atom. The van der Waals surface area contributed by atoms with Crippen molar-refractivity contribution in [1.82, 2.24) is 9.21 Å². The molecule has 0 bridgehead atoms. The summed E-state index contributed by atoms with van der Waals surface area (Å²) < 4.78 is 93.2. The summed E-state index contributed by atoms with van der Waals surface area (Å²) in [6.07, 6.45) is -1.84. The molecule has 4 heterocycles. The molecule has 0 unspecified atom stereocenters. The minimum absolute atomic E-state index is 0.00884. The molecule has 14 nitrogen and oxygen atoms in total. The number of rotatable bonds is 15. The van der Waals surface area contributed by atoms with Crippen molar-refractivity contribution in [2.24, 2.45) is 17.8 Å². The van der Waals surface area contributed by atoms with Crippen molar-refractivity contribution in [2.75, 3.05) is 33.1 Å². The summed E-state index contributed by atoms with van der Waals surface area (Å²) in [5, 5.41) is 11.1. The second-order valence-electron chi connectivity index (χ2n) is 17.0. The molecule has 326 valence electrons. The number of hydrogen-bond donors (Lipinski definition) is 1. The molecule has 3 fully saturated rings. The van der Waals surface area contributed by atoms with Crippen molar-refractivity contribution in [3.63, 3.8) is 0 Å². The Bertz CT molecular complexity index is 2450. The molecular weight excluding hydrogens is 825 g/mol. The topological polar surface area (TPSA) is 167 Å².